The summed E-state index contributed by atoms with van der Waals surface area (Å²) in [4.78, 5) is 13.0. The Morgan fingerprint density at radius 3 is 2.12 bits per heavy atom. The van der Waals surface area contributed by atoms with E-state index in [1.54, 1.807) is 13.8 Å². The summed E-state index contributed by atoms with van der Waals surface area (Å²) in [5.41, 5.74) is 1.12. The first kappa shape index (κ1) is 25.6. The second-order valence-corrected chi connectivity index (χ2v) is 8.94. The zero-order valence-corrected chi connectivity index (χ0v) is 20.3. The van der Waals surface area contributed by atoms with Gasteiger partial charge in [-0.05, 0) is 45.5 Å². The fraction of sp³-hybridized carbons (Fsp3) is 0.286. The van der Waals surface area contributed by atoms with Gasteiger partial charge >= 0.3 is 5.97 Å². The predicted molar refractivity (Wildman–Crippen MR) is 122 cm³/mol. The minimum Gasteiger partial charge on any atom is -0.465 e. The normalized spacial score (nSPS) is 11.0. The number of anilines is 2. The number of halogens is 5. The fourth-order valence-corrected chi connectivity index (χ4v) is 4.60. The number of rotatable bonds is 5. The molecule has 13 heteroatoms. The number of carbonyl (C=O) groups is 1. The second kappa shape index (κ2) is 9.66. The molecular weight excluding hydrogens is 499 g/mol. The molecule has 3 rings (SSSR count). The van der Waals surface area contributed by atoms with Gasteiger partial charge in [0.1, 0.15) is 5.00 Å². The molecule has 0 atom stereocenters. The van der Waals surface area contributed by atoms with Gasteiger partial charge in [-0.15, -0.1) is 11.3 Å². The molecule has 0 bridgehead atoms. The summed E-state index contributed by atoms with van der Waals surface area (Å²) in [5.74, 6) is -10.7. The minimum atomic E-state index is -2.23. The van der Waals surface area contributed by atoms with Crippen LogP contribution in [0.4, 0.5) is 32.6 Å². The van der Waals surface area contributed by atoms with E-state index in [1.807, 2.05) is 6.92 Å². The number of nitrogens with one attached hydrogen (secondary N) is 2. The van der Waals surface area contributed by atoms with Gasteiger partial charge in [0.2, 0.25) is 5.82 Å². The van der Waals surface area contributed by atoms with Crippen LogP contribution in [0, 0.1) is 56.8 Å². The van der Waals surface area contributed by atoms with Gasteiger partial charge in [0.25, 0.3) is 0 Å². The molecule has 2 heterocycles. The smallest absolute Gasteiger partial charge is 0.341 e. The molecule has 0 saturated carbocycles. The van der Waals surface area contributed by atoms with Crippen LogP contribution in [0.2, 0.25) is 0 Å². The molecule has 0 aliphatic rings. The summed E-state index contributed by atoms with van der Waals surface area (Å²) in [5, 5.41) is 10.5. The van der Waals surface area contributed by atoms with Crippen LogP contribution in [-0.2, 0) is 11.3 Å². The molecule has 0 aliphatic heterocycles. The zero-order chi connectivity index (χ0) is 25.5. The van der Waals surface area contributed by atoms with Crippen LogP contribution in [0.5, 0.6) is 0 Å². The van der Waals surface area contributed by atoms with Crippen LogP contribution >= 0.6 is 23.6 Å². The number of ether oxygens (including phenoxy) is 1. The van der Waals surface area contributed by atoms with E-state index in [1.165, 1.54) is 25.4 Å². The summed E-state index contributed by atoms with van der Waals surface area (Å²) < 4.78 is 74.6. The maximum Gasteiger partial charge on any atom is 0.341 e. The standard InChI is InChI=1S/C21H19F5N4O2S2/c1-7-10(4)34-19(12(7)20(31)32-5)28-21(33)27-18-8(2)29-30(9(18)3)6-11-13(22)15(24)17(26)16(25)14(11)23/h6H2,1-5H3,(H2,27,28,33). The molecule has 0 radical (unpaired) electrons. The van der Waals surface area contributed by atoms with Crippen LogP contribution in [0.3, 0.4) is 0 Å². The number of nitrogens with zero attached hydrogens (tertiary/aromatic N) is 2. The van der Waals surface area contributed by atoms with Crippen molar-refractivity contribution in [2.24, 2.45) is 0 Å². The summed E-state index contributed by atoms with van der Waals surface area (Å²) in [6.07, 6.45) is 0. The Hall–Kier alpha value is -3.06. The Bertz CT molecular complexity index is 1290. The van der Waals surface area contributed by atoms with Crippen molar-refractivity contribution < 1.29 is 31.5 Å². The zero-order valence-electron chi connectivity index (χ0n) is 18.6. The van der Waals surface area contributed by atoms with E-state index in [4.69, 9.17) is 17.0 Å². The highest BCUT2D eigenvalue weighted by Gasteiger charge is 2.27. The highest BCUT2D eigenvalue weighted by atomic mass is 32.1. The molecule has 182 valence electrons. The number of methoxy groups -OCH3 is 1. The Balaban J connectivity index is 1.88. The number of aryl methyl sites for hydroxylation is 2. The Morgan fingerprint density at radius 1 is 1.00 bits per heavy atom. The Labute approximate surface area is 200 Å². The lowest BCUT2D eigenvalue weighted by atomic mass is 10.1. The number of benzene rings is 1. The fourth-order valence-electron chi connectivity index (χ4n) is 3.28. The average Bonchev–Trinajstić information content (AvgIpc) is 3.22. The topological polar surface area (TPSA) is 68.2 Å². The first-order valence-electron chi connectivity index (χ1n) is 9.69. The molecule has 2 N–H and O–H groups in total. The van der Waals surface area contributed by atoms with Crippen molar-refractivity contribution in [3.63, 3.8) is 0 Å². The number of thiocarbonyl (C=S) groups is 1. The van der Waals surface area contributed by atoms with Gasteiger partial charge in [0.05, 0.1) is 41.9 Å². The van der Waals surface area contributed by atoms with E-state index in [9.17, 15) is 26.7 Å². The van der Waals surface area contributed by atoms with Gasteiger partial charge in [-0.2, -0.15) is 5.10 Å². The van der Waals surface area contributed by atoms with Crippen LogP contribution in [0.25, 0.3) is 0 Å². The summed E-state index contributed by atoms with van der Waals surface area (Å²) in [6, 6.07) is 0. The van der Waals surface area contributed by atoms with Crippen molar-refractivity contribution in [3.05, 3.63) is 62.0 Å². The number of hydrogen-bond acceptors (Lipinski definition) is 5. The van der Waals surface area contributed by atoms with Gasteiger partial charge in [0, 0.05) is 4.88 Å². The lowest BCUT2D eigenvalue weighted by molar-refractivity contribution is 0.0601. The van der Waals surface area contributed by atoms with E-state index < -0.39 is 47.2 Å². The van der Waals surface area contributed by atoms with Gasteiger partial charge in [0.15, 0.2) is 28.4 Å². The van der Waals surface area contributed by atoms with E-state index in [0.29, 0.717) is 27.6 Å². The Morgan fingerprint density at radius 2 is 1.56 bits per heavy atom. The molecule has 0 fully saturated rings. The highest BCUT2D eigenvalue weighted by Crippen LogP contribution is 2.33. The number of thiophene rings is 1. The van der Waals surface area contributed by atoms with Crippen LogP contribution in [-0.4, -0.2) is 28.0 Å². The third-order valence-corrected chi connectivity index (χ3v) is 6.56. The quantitative estimate of drug-likeness (QED) is 0.153. The lowest BCUT2D eigenvalue weighted by Crippen LogP contribution is -2.21. The Kier molecular flexibility index (Phi) is 7.26. The molecular formula is C21H19F5N4O2S2. The van der Waals surface area contributed by atoms with Crippen molar-refractivity contribution in [3.8, 4) is 0 Å². The van der Waals surface area contributed by atoms with Crippen molar-refractivity contribution in [1.29, 1.82) is 0 Å². The second-order valence-electron chi connectivity index (χ2n) is 7.31. The SMILES string of the molecule is COC(=O)c1c(NC(=S)Nc2c(C)nn(Cc3c(F)c(F)c(F)c(F)c3F)c2C)sc(C)c1C. The van der Waals surface area contributed by atoms with Gasteiger partial charge in [-0.25, -0.2) is 26.7 Å². The van der Waals surface area contributed by atoms with E-state index >= 15 is 0 Å². The molecule has 3 aromatic rings. The van der Waals surface area contributed by atoms with Crippen molar-refractivity contribution in [2.75, 3.05) is 17.7 Å². The third kappa shape index (κ3) is 4.49. The molecule has 0 aliphatic carbocycles. The predicted octanol–water partition coefficient (Wildman–Crippen LogP) is 5.52. The minimum absolute atomic E-state index is 0.0911. The first-order valence-corrected chi connectivity index (χ1v) is 10.9. The summed E-state index contributed by atoms with van der Waals surface area (Å²) in [7, 11) is 1.26. The summed E-state index contributed by atoms with van der Waals surface area (Å²) in [6.45, 7) is 6.03. The maximum atomic E-state index is 14.1. The molecule has 0 unspecified atom stereocenters. The molecule has 0 amide bonds. The number of esters is 1. The van der Waals surface area contributed by atoms with Gasteiger partial charge < -0.3 is 15.4 Å². The van der Waals surface area contributed by atoms with Crippen molar-refractivity contribution >= 4 is 45.3 Å². The van der Waals surface area contributed by atoms with Crippen molar-refractivity contribution in [1.82, 2.24) is 9.78 Å². The van der Waals surface area contributed by atoms with Crippen LogP contribution < -0.4 is 10.6 Å². The van der Waals surface area contributed by atoms with E-state index in [-0.39, 0.29) is 5.11 Å². The third-order valence-electron chi connectivity index (χ3n) is 5.23. The van der Waals surface area contributed by atoms with E-state index in [2.05, 4.69) is 15.7 Å². The molecule has 0 saturated heterocycles. The molecule has 34 heavy (non-hydrogen) atoms. The maximum absolute atomic E-state index is 14.1. The first-order chi connectivity index (χ1) is 15.9. The lowest BCUT2D eigenvalue weighted by Gasteiger charge is -2.12. The molecule has 2 aromatic heterocycles. The average molecular weight is 519 g/mol. The van der Waals surface area contributed by atoms with Crippen LogP contribution in [0.1, 0.15) is 37.7 Å². The van der Waals surface area contributed by atoms with Gasteiger partial charge in [-0.3, -0.25) is 4.68 Å². The molecule has 0 spiro atoms. The van der Waals surface area contributed by atoms with E-state index in [0.717, 1.165) is 15.1 Å². The molecule has 6 nitrogen and oxygen atoms in total. The highest BCUT2D eigenvalue weighted by molar-refractivity contribution is 7.80. The summed E-state index contributed by atoms with van der Waals surface area (Å²) >= 11 is 6.64. The van der Waals surface area contributed by atoms with Gasteiger partial charge in [-0.1, -0.05) is 0 Å². The van der Waals surface area contributed by atoms with Crippen LogP contribution in [0.15, 0.2) is 0 Å². The molecule has 1 aromatic carbocycles. The number of hydrogen-bond donors (Lipinski definition) is 2. The van der Waals surface area contributed by atoms with Crippen molar-refractivity contribution in [2.45, 2.75) is 34.2 Å². The monoisotopic (exact) mass is 518 g/mol. The largest absolute Gasteiger partial charge is 0.465 e. The number of carbonyl (C=O) groups excluding carboxylic acids is 1. The number of aromatic nitrogens is 2.